The highest BCUT2D eigenvalue weighted by atomic mass is 35.5. The number of nitrogens with one attached hydrogen (secondary N) is 1. The highest BCUT2D eigenvalue weighted by molar-refractivity contribution is 6.30. The van der Waals surface area contributed by atoms with Crippen molar-refractivity contribution in [2.75, 3.05) is 34.7 Å². The molecule has 0 bridgehead atoms. The van der Waals surface area contributed by atoms with Gasteiger partial charge < -0.3 is 15.1 Å². The maximum Gasteiger partial charge on any atom is 0.230 e. The van der Waals surface area contributed by atoms with Gasteiger partial charge in [-0.1, -0.05) is 36.6 Å². The number of hydrogen-bond acceptors (Lipinski definition) is 2. The van der Waals surface area contributed by atoms with Crippen LogP contribution < -0.4 is 5.32 Å². The Morgan fingerprint density at radius 2 is 1.96 bits per heavy atom. The molecule has 5 nitrogen and oxygen atoms in total. The average Bonchev–Trinajstić information content (AvgIpc) is 3.04. The molecular weight excluding hydrogens is 336 g/mol. The Kier molecular flexibility index (Phi) is 6.71. The molecule has 1 amide bonds. The van der Waals surface area contributed by atoms with E-state index in [-0.39, 0.29) is 11.3 Å². The molecule has 1 aliphatic carbocycles. The van der Waals surface area contributed by atoms with E-state index in [4.69, 9.17) is 11.6 Å². The molecule has 0 aliphatic heterocycles. The number of aliphatic imine (C=N–C) groups is 1. The van der Waals surface area contributed by atoms with Gasteiger partial charge in [0.05, 0.1) is 5.41 Å². The Morgan fingerprint density at radius 3 is 2.52 bits per heavy atom. The second-order valence-corrected chi connectivity index (χ2v) is 7.51. The first kappa shape index (κ1) is 19.6. The maximum atomic E-state index is 12.7. The molecule has 0 heterocycles. The monoisotopic (exact) mass is 364 g/mol. The molecule has 138 valence electrons. The number of hydrogen-bond donors (Lipinski definition) is 1. The lowest BCUT2D eigenvalue weighted by atomic mass is 9.84. The van der Waals surface area contributed by atoms with Crippen LogP contribution in [0.25, 0.3) is 0 Å². The number of nitrogens with zero attached hydrogens (tertiary/aromatic N) is 3. The molecule has 1 saturated carbocycles. The summed E-state index contributed by atoms with van der Waals surface area (Å²) in [6.45, 7) is 1.32. The Hall–Kier alpha value is -1.75. The summed E-state index contributed by atoms with van der Waals surface area (Å²) in [5.74, 6) is 1.00. The van der Waals surface area contributed by atoms with Gasteiger partial charge in [0.15, 0.2) is 5.96 Å². The van der Waals surface area contributed by atoms with E-state index in [9.17, 15) is 4.79 Å². The third kappa shape index (κ3) is 4.88. The van der Waals surface area contributed by atoms with Gasteiger partial charge in [-0.2, -0.15) is 0 Å². The standard InChI is InChI=1S/C19H29ClN4O/c1-21-18(24(4)13-15-8-7-9-16(20)12-15)22-14-19(10-5-6-11-19)17(25)23(2)3/h7-9,12H,5-6,10-11,13-14H2,1-4H3,(H,21,22). The Labute approximate surface area is 156 Å². The fourth-order valence-corrected chi connectivity index (χ4v) is 3.82. The molecule has 0 spiro atoms. The van der Waals surface area contributed by atoms with Crippen molar-refractivity contribution in [1.82, 2.24) is 15.1 Å². The lowest BCUT2D eigenvalue weighted by Gasteiger charge is -2.32. The summed E-state index contributed by atoms with van der Waals surface area (Å²) in [6, 6.07) is 7.82. The predicted octanol–water partition coefficient (Wildman–Crippen LogP) is 3.00. The van der Waals surface area contributed by atoms with Crippen LogP contribution in [0.4, 0.5) is 0 Å². The molecule has 1 N–H and O–H groups in total. The quantitative estimate of drug-likeness (QED) is 0.645. The van der Waals surface area contributed by atoms with E-state index in [0.29, 0.717) is 13.1 Å². The van der Waals surface area contributed by atoms with Crippen molar-refractivity contribution in [3.8, 4) is 0 Å². The van der Waals surface area contributed by atoms with Crippen molar-refractivity contribution in [2.45, 2.75) is 32.2 Å². The zero-order valence-electron chi connectivity index (χ0n) is 15.7. The Morgan fingerprint density at radius 1 is 1.28 bits per heavy atom. The van der Waals surface area contributed by atoms with Gasteiger partial charge in [-0.25, -0.2) is 0 Å². The van der Waals surface area contributed by atoms with Crippen LogP contribution in [0.15, 0.2) is 29.3 Å². The SMILES string of the molecule is CN=C(NCC1(C(=O)N(C)C)CCCC1)N(C)Cc1cccc(Cl)c1. The minimum absolute atomic E-state index is 0.213. The van der Waals surface area contributed by atoms with Crippen molar-refractivity contribution >= 4 is 23.5 Å². The molecule has 0 saturated heterocycles. The lowest BCUT2D eigenvalue weighted by Crippen LogP contribution is -2.49. The Bertz CT molecular complexity index is 624. The van der Waals surface area contributed by atoms with Gasteiger partial charge in [-0.15, -0.1) is 0 Å². The van der Waals surface area contributed by atoms with Gasteiger partial charge in [-0.3, -0.25) is 9.79 Å². The van der Waals surface area contributed by atoms with E-state index in [1.165, 1.54) is 0 Å². The number of guanidine groups is 1. The van der Waals surface area contributed by atoms with Gasteiger partial charge in [0.1, 0.15) is 0 Å². The molecule has 6 heteroatoms. The van der Waals surface area contributed by atoms with Gasteiger partial charge in [0.25, 0.3) is 0 Å². The smallest absolute Gasteiger partial charge is 0.230 e. The second-order valence-electron chi connectivity index (χ2n) is 7.07. The first-order valence-corrected chi connectivity index (χ1v) is 9.14. The van der Waals surface area contributed by atoms with Crippen LogP contribution in [0.5, 0.6) is 0 Å². The largest absolute Gasteiger partial charge is 0.355 e. The molecule has 1 aliphatic rings. The summed E-state index contributed by atoms with van der Waals surface area (Å²) in [5.41, 5.74) is 0.814. The third-order valence-corrected chi connectivity index (χ3v) is 5.12. The maximum absolute atomic E-state index is 12.7. The molecule has 0 aromatic heterocycles. The van der Waals surface area contributed by atoms with Gasteiger partial charge >= 0.3 is 0 Å². The molecule has 1 fully saturated rings. The normalized spacial score (nSPS) is 16.6. The fourth-order valence-electron chi connectivity index (χ4n) is 3.61. The summed E-state index contributed by atoms with van der Waals surface area (Å²) in [7, 11) is 7.43. The molecule has 0 unspecified atom stereocenters. The first-order valence-electron chi connectivity index (χ1n) is 8.76. The van der Waals surface area contributed by atoms with Crippen LogP contribution in [0.3, 0.4) is 0 Å². The van der Waals surface area contributed by atoms with Gasteiger partial charge in [-0.05, 0) is 30.5 Å². The fraction of sp³-hybridized carbons (Fsp3) is 0.579. The summed E-state index contributed by atoms with van der Waals surface area (Å²) < 4.78 is 0. The minimum atomic E-state index is -0.309. The molecule has 2 rings (SSSR count). The summed E-state index contributed by atoms with van der Waals surface area (Å²) >= 11 is 6.07. The van der Waals surface area contributed by atoms with Crippen LogP contribution in [0, 0.1) is 5.41 Å². The number of halogens is 1. The van der Waals surface area contributed by atoms with Crippen LogP contribution in [-0.2, 0) is 11.3 Å². The number of amides is 1. The van der Waals surface area contributed by atoms with E-state index in [1.54, 1.807) is 11.9 Å². The molecule has 1 aromatic rings. The van der Waals surface area contributed by atoms with E-state index >= 15 is 0 Å². The second kappa shape index (κ2) is 8.56. The molecule has 25 heavy (non-hydrogen) atoms. The zero-order chi connectivity index (χ0) is 18.4. The third-order valence-electron chi connectivity index (χ3n) is 4.89. The van der Waals surface area contributed by atoms with E-state index < -0.39 is 0 Å². The predicted molar refractivity (Wildman–Crippen MR) is 104 cm³/mol. The highest BCUT2D eigenvalue weighted by Gasteiger charge is 2.42. The van der Waals surface area contributed by atoms with Crippen molar-refractivity contribution in [1.29, 1.82) is 0 Å². The summed E-state index contributed by atoms with van der Waals surface area (Å²) in [6.07, 6.45) is 4.09. The minimum Gasteiger partial charge on any atom is -0.355 e. The van der Waals surface area contributed by atoms with E-state index in [1.807, 2.05) is 45.4 Å². The van der Waals surface area contributed by atoms with Crippen molar-refractivity contribution in [3.05, 3.63) is 34.9 Å². The van der Waals surface area contributed by atoms with Crippen LogP contribution in [0.1, 0.15) is 31.2 Å². The average molecular weight is 365 g/mol. The lowest BCUT2D eigenvalue weighted by molar-refractivity contribution is -0.138. The summed E-state index contributed by atoms with van der Waals surface area (Å²) in [4.78, 5) is 20.8. The van der Waals surface area contributed by atoms with Gasteiger partial charge in [0, 0.05) is 46.3 Å². The number of benzene rings is 1. The topological polar surface area (TPSA) is 47.9 Å². The Balaban J connectivity index is 2.02. The van der Waals surface area contributed by atoms with Crippen LogP contribution >= 0.6 is 11.6 Å². The van der Waals surface area contributed by atoms with Gasteiger partial charge in [0.2, 0.25) is 5.91 Å². The summed E-state index contributed by atoms with van der Waals surface area (Å²) in [5, 5.41) is 4.15. The van der Waals surface area contributed by atoms with Crippen molar-refractivity contribution < 1.29 is 4.79 Å². The van der Waals surface area contributed by atoms with Crippen LogP contribution in [-0.4, -0.2) is 56.4 Å². The molecule has 0 atom stereocenters. The van der Waals surface area contributed by atoms with Crippen molar-refractivity contribution in [3.63, 3.8) is 0 Å². The highest BCUT2D eigenvalue weighted by Crippen LogP contribution is 2.38. The number of carbonyl (C=O) groups is 1. The first-order chi connectivity index (χ1) is 11.9. The number of carbonyl (C=O) groups excluding carboxylic acids is 1. The molecule has 0 radical (unpaired) electrons. The number of rotatable bonds is 5. The van der Waals surface area contributed by atoms with E-state index in [2.05, 4.69) is 15.2 Å². The molecule has 1 aromatic carbocycles. The van der Waals surface area contributed by atoms with Crippen molar-refractivity contribution in [2.24, 2.45) is 10.4 Å². The van der Waals surface area contributed by atoms with E-state index in [0.717, 1.165) is 42.2 Å². The van der Waals surface area contributed by atoms with Crippen LogP contribution in [0.2, 0.25) is 5.02 Å². The molecular formula is C19H29ClN4O. The zero-order valence-corrected chi connectivity index (χ0v) is 16.4.